The summed E-state index contributed by atoms with van der Waals surface area (Å²) in [6, 6.07) is 0. The Morgan fingerprint density at radius 1 is 0.909 bits per heavy atom. The molecule has 6 heteroatoms. The number of primary sulfonamides is 1. The van der Waals surface area contributed by atoms with Gasteiger partial charge in [0, 0.05) is 19.8 Å². The van der Waals surface area contributed by atoms with E-state index in [1.807, 2.05) is 0 Å². The summed E-state index contributed by atoms with van der Waals surface area (Å²) in [6.07, 6.45) is 6.28. The third-order valence-corrected chi connectivity index (χ3v) is 6.01. The zero-order valence-corrected chi connectivity index (χ0v) is 15.5. The van der Waals surface area contributed by atoms with E-state index < -0.39 is 14.8 Å². The lowest BCUT2D eigenvalue weighted by Crippen LogP contribution is -2.37. The summed E-state index contributed by atoms with van der Waals surface area (Å²) >= 11 is 0. The molecule has 134 valence electrons. The van der Waals surface area contributed by atoms with E-state index in [0.717, 1.165) is 45.1 Å². The van der Waals surface area contributed by atoms with Gasteiger partial charge in [-0.05, 0) is 57.8 Å². The summed E-state index contributed by atoms with van der Waals surface area (Å²) in [5, 5.41) is 14.2. The topological polar surface area (TPSA) is 89.6 Å². The van der Waals surface area contributed by atoms with E-state index in [1.165, 1.54) is 0 Å². The first-order valence-corrected chi connectivity index (χ1v) is 9.77. The largest absolute Gasteiger partial charge is 0.396 e. The molecule has 0 aromatic carbocycles. The molecule has 0 radical (unpaired) electrons. The van der Waals surface area contributed by atoms with Crippen LogP contribution in [0.25, 0.3) is 0 Å². The van der Waals surface area contributed by atoms with Gasteiger partial charge in [0.05, 0.1) is 4.75 Å². The average molecular weight is 338 g/mol. The second-order valence-electron chi connectivity index (χ2n) is 7.47. The Balaban J connectivity index is 3.56. The van der Waals surface area contributed by atoms with Crippen LogP contribution in [0.5, 0.6) is 0 Å². The van der Waals surface area contributed by atoms with Gasteiger partial charge < -0.3 is 9.84 Å². The van der Waals surface area contributed by atoms with Crippen LogP contribution in [-0.4, -0.2) is 38.1 Å². The van der Waals surface area contributed by atoms with Crippen molar-refractivity contribution in [2.45, 2.75) is 77.4 Å². The third-order valence-electron chi connectivity index (χ3n) is 4.27. The van der Waals surface area contributed by atoms with Gasteiger partial charge in [0.25, 0.3) is 0 Å². The lowest BCUT2D eigenvalue weighted by Gasteiger charge is -2.23. The molecule has 0 aliphatic heterocycles. The van der Waals surface area contributed by atoms with E-state index in [9.17, 15) is 8.42 Å². The highest BCUT2D eigenvalue weighted by Gasteiger charge is 2.29. The lowest BCUT2D eigenvalue weighted by atomic mass is 9.84. The fraction of sp³-hybridized carbons (Fsp3) is 1.00. The van der Waals surface area contributed by atoms with Crippen LogP contribution in [0.2, 0.25) is 0 Å². The fourth-order valence-corrected chi connectivity index (χ4v) is 2.66. The molecule has 0 saturated heterocycles. The highest BCUT2D eigenvalue weighted by Crippen LogP contribution is 2.26. The molecule has 0 amide bonds. The van der Waals surface area contributed by atoms with Crippen molar-refractivity contribution in [2.24, 2.45) is 10.6 Å². The SMILES string of the molecule is CC(C)(CCO)CCCCOCCCCC(C)(C)S(N)(=O)=O. The molecule has 3 N–H and O–H groups in total. The second kappa shape index (κ2) is 9.85. The third kappa shape index (κ3) is 9.77. The molecule has 0 heterocycles. The Morgan fingerprint density at radius 2 is 1.41 bits per heavy atom. The maximum atomic E-state index is 11.3. The number of sulfonamides is 1. The summed E-state index contributed by atoms with van der Waals surface area (Å²) < 4.78 is 27.4. The number of hydrogen-bond donors (Lipinski definition) is 2. The Bertz CT molecular complexity index is 391. The number of nitrogens with two attached hydrogens (primary N) is 1. The van der Waals surface area contributed by atoms with Gasteiger partial charge in [-0.2, -0.15) is 0 Å². The van der Waals surface area contributed by atoms with Crippen molar-refractivity contribution < 1.29 is 18.3 Å². The molecule has 0 aliphatic rings. The molecular weight excluding hydrogens is 302 g/mol. The lowest BCUT2D eigenvalue weighted by molar-refractivity contribution is 0.120. The highest BCUT2D eigenvalue weighted by molar-refractivity contribution is 7.90. The predicted molar refractivity (Wildman–Crippen MR) is 91.2 cm³/mol. The Labute approximate surface area is 136 Å². The molecule has 0 spiro atoms. The average Bonchev–Trinajstić information content (AvgIpc) is 2.35. The zero-order chi connectivity index (χ0) is 17.3. The van der Waals surface area contributed by atoms with Gasteiger partial charge in [0.15, 0.2) is 0 Å². The van der Waals surface area contributed by atoms with Gasteiger partial charge in [-0.15, -0.1) is 0 Å². The molecular formula is C16H35NO4S. The van der Waals surface area contributed by atoms with Crippen LogP contribution >= 0.6 is 0 Å². The summed E-state index contributed by atoms with van der Waals surface area (Å²) in [5.74, 6) is 0. The van der Waals surface area contributed by atoms with Gasteiger partial charge >= 0.3 is 0 Å². The number of aliphatic hydroxyl groups is 1. The Hall–Kier alpha value is -0.170. The summed E-state index contributed by atoms with van der Waals surface area (Å²) in [6.45, 7) is 9.34. The van der Waals surface area contributed by atoms with Gasteiger partial charge in [0.2, 0.25) is 10.0 Å². The molecule has 0 bridgehead atoms. The van der Waals surface area contributed by atoms with Crippen LogP contribution < -0.4 is 5.14 Å². The standard InChI is InChI=1S/C16H35NO4S/c1-15(2,11-12-18)9-5-7-13-21-14-8-6-10-16(3,4)22(17,19)20/h18H,5-14H2,1-4H3,(H2,17,19,20). The first kappa shape index (κ1) is 21.8. The van der Waals surface area contributed by atoms with Crippen LogP contribution in [0.15, 0.2) is 0 Å². The minimum Gasteiger partial charge on any atom is -0.396 e. The number of hydrogen-bond acceptors (Lipinski definition) is 4. The minimum absolute atomic E-state index is 0.202. The van der Waals surface area contributed by atoms with Gasteiger partial charge in [0.1, 0.15) is 0 Å². The van der Waals surface area contributed by atoms with Crippen molar-refractivity contribution in [3.05, 3.63) is 0 Å². The van der Waals surface area contributed by atoms with E-state index in [4.69, 9.17) is 15.0 Å². The zero-order valence-electron chi connectivity index (χ0n) is 14.7. The molecule has 0 aromatic heterocycles. The maximum absolute atomic E-state index is 11.3. The number of aliphatic hydroxyl groups excluding tert-OH is 1. The summed E-state index contributed by atoms with van der Waals surface area (Å²) in [5.41, 5.74) is 0.202. The van der Waals surface area contributed by atoms with Crippen molar-refractivity contribution in [3.8, 4) is 0 Å². The number of rotatable bonds is 13. The van der Waals surface area contributed by atoms with E-state index in [1.54, 1.807) is 13.8 Å². The minimum atomic E-state index is -3.48. The fourth-order valence-electron chi connectivity index (χ4n) is 2.23. The van der Waals surface area contributed by atoms with E-state index in [0.29, 0.717) is 13.0 Å². The molecule has 0 aliphatic carbocycles. The molecule has 0 unspecified atom stereocenters. The highest BCUT2D eigenvalue weighted by atomic mass is 32.2. The smallest absolute Gasteiger partial charge is 0.214 e. The molecule has 5 nitrogen and oxygen atoms in total. The Kier molecular flexibility index (Phi) is 9.78. The Morgan fingerprint density at radius 3 is 1.86 bits per heavy atom. The maximum Gasteiger partial charge on any atom is 0.214 e. The predicted octanol–water partition coefficient (Wildman–Crippen LogP) is 2.82. The molecule has 0 aromatic rings. The normalized spacial score (nSPS) is 13.5. The van der Waals surface area contributed by atoms with Crippen LogP contribution in [0.4, 0.5) is 0 Å². The van der Waals surface area contributed by atoms with E-state index >= 15 is 0 Å². The van der Waals surface area contributed by atoms with Crippen LogP contribution in [-0.2, 0) is 14.8 Å². The molecule has 0 saturated carbocycles. The molecule has 0 atom stereocenters. The molecule has 0 rings (SSSR count). The second-order valence-corrected chi connectivity index (χ2v) is 9.66. The molecule has 0 fully saturated rings. The van der Waals surface area contributed by atoms with E-state index in [2.05, 4.69) is 13.8 Å². The van der Waals surface area contributed by atoms with Gasteiger partial charge in [-0.1, -0.05) is 20.3 Å². The van der Waals surface area contributed by atoms with Crippen molar-refractivity contribution in [2.75, 3.05) is 19.8 Å². The first-order valence-electron chi connectivity index (χ1n) is 8.23. The monoisotopic (exact) mass is 337 g/mol. The first-order chi connectivity index (χ1) is 10.0. The van der Waals surface area contributed by atoms with Crippen LogP contribution in [0, 0.1) is 5.41 Å². The van der Waals surface area contributed by atoms with Crippen molar-refractivity contribution in [3.63, 3.8) is 0 Å². The van der Waals surface area contributed by atoms with Crippen molar-refractivity contribution in [1.29, 1.82) is 0 Å². The van der Waals surface area contributed by atoms with E-state index in [-0.39, 0.29) is 12.0 Å². The molecule has 22 heavy (non-hydrogen) atoms. The van der Waals surface area contributed by atoms with Crippen LogP contribution in [0.3, 0.4) is 0 Å². The van der Waals surface area contributed by atoms with Crippen molar-refractivity contribution in [1.82, 2.24) is 0 Å². The van der Waals surface area contributed by atoms with Gasteiger partial charge in [-0.25, -0.2) is 13.6 Å². The number of unbranched alkanes of at least 4 members (excludes halogenated alkanes) is 2. The number of ether oxygens (including phenoxy) is 1. The summed E-state index contributed by atoms with van der Waals surface area (Å²) in [4.78, 5) is 0. The van der Waals surface area contributed by atoms with Gasteiger partial charge in [-0.3, -0.25) is 0 Å². The summed E-state index contributed by atoms with van der Waals surface area (Å²) in [7, 11) is -3.48. The quantitative estimate of drug-likeness (QED) is 0.506. The van der Waals surface area contributed by atoms with Crippen molar-refractivity contribution >= 4 is 10.0 Å². The van der Waals surface area contributed by atoms with Crippen LogP contribution in [0.1, 0.15) is 72.6 Å².